The molecule has 150 valence electrons. The molecule has 1 unspecified atom stereocenters. The van der Waals surface area contributed by atoms with E-state index in [2.05, 4.69) is 10.6 Å². The number of benzene rings is 2. The van der Waals surface area contributed by atoms with Crippen molar-refractivity contribution in [1.82, 2.24) is 5.32 Å². The highest BCUT2D eigenvalue weighted by Gasteiger charge is 2.32. The highest BCUT2D eigenvalue weighted by Crippen LogP contribution is 2.26. The molecule has 2 aromatic rings. The number of ether oxygens (including phenoxy) is 1. The SMILES string of the molecule is CCNC(=O)C[NH+](CC)[C@@H](C(=O)Nc1cc(C)ccc1OC)c1ccccc1. The maximum Gasteiger partial charge on any atom is 0.287 e. The first-order chi connectivity index (χ1) is 13.5. The van der Waals surface area contributed by atoms with Crippen molar-refractivity contribution in [1.29, 1.82) is 0 Å². The average Bonchev–Trinajstić information content (AvgIpc) is 2.68. The lowest BCUT2D eigenvalue weighted by molar-refractivity contribution is -0.912. The molecule has 2 rings (SSSR count). The molecule has 2 aromatic carbocycles. The van der Waals surface area contributed by atoms with Crippen molar-refractivity contribution < 1.29 is 19.2 Å². The van der Waals surface area contributed by atoms with Gasteiger partial charge in [0, 0.05) is 12.1 Å². The van der Waals surface area contributed by atoms with Crippen molar-refractivity contribution in [3.63, 3.8) is 0 Å². The Morgan fingerprint density at radius 1 is 1.11 bits per heavy atom. The third-order valence-electron chi connectivity index (χ3n) is 4.63. The molecule has 0 aliphatic carbocycles. The van der Waals surface area contributed by atoms with E-state index >= 15 is 0 Å². The lowest BCUT2D eigenvalue weighted by Gasteiger charge is -2.27. The molecule has 0 spiro atoms. The van der Waals surface area contributed by atoms with E-state index in [1.54, 1.807) is 7.11 Å². The number of aryl methyl sites for hydroxylation is 1. The van der Waals surface area contributed by atoms with Crippen LogP contribution in [0.2, 0.25) is 0 Å². The van der Waals surface area contributed by atoms with Crippen molar-refractivity contribution in [3.05, 3.63) is 59.7 Å². The monoisotopic (exact) mass is 384 g/mol. The molecule has 28 heavy (non-hydrogen) atoms. The second kappa shape index (κ2) is 10.5. The molecule has 0 bridgehead atoms. The molecule has 0 aliphatic heterocycles. The minimum Gasteiger partial charge on any atom is -0.495 e. The zero-order valence-corrected chi connectivity index (χ0v) is 17.0. The van der Waals surface area contributed by atoms with Crippen LogP contribution in [0.15, 0.2) is 48.5 Å². The van der Waals surface area contributed by atoms with Gasteiger partial charge in [-0.25, -0.2) is 0 Å². The Balaban J connectivity index is 2.34. The van der Waals surface area contributed by atoms with Gasteiger partial charge >= 0.3 is 0 Å². The highest BCUT2D eigenvalue weighted by atomic mass is 16.5. The van der Waals surface area contributed by atoms with Gasteiger partial charge in [-0.1, -0.05) is 36.4 Å². The maximum absolute atomic E-state index is 13.3. The summed E-state index contributed by atoms with van der Waals surface area (Å²) in [6.07, 6.45) is 0. The number of anilines is 1. The largest absolute Gasteiger partial charge is 0.495 e. The van der Waals surface area contributed by atoms with E-state index < -0.39 is 6.04 Å². The van der Waals surface area contributed by atoms with Crippen LogP contribution < -0.4 is 20.3 Å². The number of hydrogen-bond acceptors (Lipinski definition) is 3. The molecule has 0 radical (unpaired) electrons. The van der Waals surface area contributed by atoms with Gasteiger partial charge in [-0.15, -0.1) is 0 Å². The summed E-state index contributed by atoms with van der Waals surface area (Å²) in [6.45, 7) is 7.25. The Morgan fingerprint density at radius 2 is 1.82 bits per heavy atom. The van der Waals surface area contributed by atoms with Gasteiger partial charge in [0.05, 0.1) is 19.3 Å². The number of likely N-dealkylation sites (N-methyl/N-ethyl adjacent to an activating group) is 2. The maximum atomic E-state index is 13.3. The van der Waals surface area contributed by atoms with Gasteiger partial charge in [0.2, 0.25) is 0 Å². The van der Waals surface area contributed by atoms with Crippen LogP contribution in [0.4, 0.5) is 5.69 Å². The van der Waals surface area contributed by atoms with E-state index in [4.69, 9.17) is 4.74 Å². The smallest absolute Gasteiger partial charge is 0.287 e. The molecule has 0 saturated carbocycles. The van der Waals surface area contributed by atoms with E-state index in [0.717, 1.165) is 16.0 Å². The minimum atomic E-state index is -0.515. The van der Waals surface area contributed by atoms with Crippen molar-refractivity contribution in [2.45, 2.75) is 26.8 Å². The highest BCUT2D eigenvalue weighted by molar-refractivity contribution is 5.96. The predicted molar refractivity (Wildman–Crippen MR) is 111 cm³/mol. The van der Waals surface area contributed by atoms with Gasteiger partial charge in [0.1, 0.15) is 5.75 Å². The standard InChI is InChI=1S/C22H29N3O3/c1-5-23-20(26)15-25(6-2)21(17-10-8-7-9-11-17)22(27)24-18-14-16(3)12-13-19(18)28-4/h7-14,21H,5-6,15H2,1-4H3,(H,23,26)(H,24,27)/p+1/t21-/m1/s1. The van der Waals surface area contributed by atoms with Gasteiger partial charge in [0.15, 0.2) is 12.6 Å². The van der Waals surface area contributed by atoms with Crippen molar-refractivity contribution in [2.24, 2.45) is 0 Å². The Morgan fingerprint density at radius 3 is 2.43 bits per heavy atom. The van der Waals surface area contributed by atoms with Gasteiger partial charge in [0.25, 0.3) is 11.8 Å². The molecule has 0 aliphatic rings. The van der Waals surface area contributed by atoms with E-state index in [1.807, 2.05) is 69.3 Å². The molecule has 3 N–H and O–H groups in total. The fraction of sp³-hybridized carbons (Fsp3) is 0.364. The zero-order valence-electron chi connectivity index (χ0n) is 17.0. The summed E-state index contributed by atoms with van der Waals surface area (Å²) in [5.74, 6) is 0.366. The molecular weight excluding hydrogens is 354 g/mol. The second-order valence-corrected chi connectivity index (χ2v) is 6.68. The molecule has 0 aromatic heterocycles. The molecule has 6 nitrogen and oxygen atoms in total. The van der Waals surface area contributed by atoms with E-state index in [-0.39, 0.29) is 18.4 Å². The van der Waals surface area contributed by atoms with Crippen LogP contribution in [-0.2, 0) is 9.59 Å². The average molecular weight is 385 g/mol. The molecule has 2 atom stereocenters. The van der Waals surface area contributed by atoms with E-state index in [9.17, 15) is 9.59 Å². The number of nitrogens with one attached hydrogen (secondary N) is 3. The molecular formula is C22H30N3O3+. The van der Waals surface area contributed by atoms with Gasteiger partial charge < -0.3 is 20.3 Å². The van der Waals surface area contributed by atoms with Crippen LogP contribution >= 0.6 is 0 Å². The van der Waals surface area contributed by atoms with E-state index in [1.165, 1.54) is 0 Å². The number of quaternary nitrogens is 1. The number of carbonyl (C=O) groups is 2. The summed E-state index contributed by atoms with van der Waals surface area (Å²) < 4.78 is 5.38. The fourth-order valence-corrected chi connectivity index (χ4v) is 3.24. The third kappa shape index (κ3) is 5.57. The van der Waals surface area contributed by atoms with Crippen LogP contribution in [0, 0.1) is 6.92 Å². The Labute approximate surface area is 166 Å². The minimum absolute atomic E-state index is 0.0683. The van der Waals surface area contributed by atoms with Gasteiger partial charge in [-0.2, -0.15) is 0 Å². The zero-order chi connectivity index (χ0) is 20.5. The summed E-state index contributed by atoms with van der Waals surface area (Å²) in [5, 5.41) is 5.82. The Kier molecular flexibility index (Phi) is 8.02. The molecule has 0 fully saturated rings. The van der Waals surface area contributed by atoms with E-state index in [0.29, 0.717) is 24.5 Å². The normalized spacial score (nSPS) is 12.7. The quantitative estimate of drug-likeness (QED) is 0.617. The van der Waals surface area contributed by atoms with Gasteiger partial charge in [-0.3, -0.25) is 9.59 Å². The second-order valence-electron chi connectivity index (χ2n) is 6.68. The van der Waals surface area contributed by atoms with Crippen LogP contribution in [0.5, 0.6) is 5.75 Å². The lowest BCUT2D eigenvalue weighted by Crippen LogP contribution is -3.14. The number of rotatable bonds is 9. The first-order valence-electron chi connectivity index (χ1n) is 9.61. The first-order valence-corrected chi connectivity index (χ1v) is 9.61. The Hall–Kier alpha value is -2.86. The summed E-state index contributed by atoms with van der Waals surface area (Å²) in [6, 6.07) is 14.7. The summed E-state index contributed by atoms with van der Waals surface area (Å²) >= 11 is 0. The summed E-state index contributed by atoms with van der Waals surface area (Å²) in [5.41, 5.74) is 2.52. The molecule has 0 saturated heterocycles. The van der Waals surface area contributed by atoms with Gasteiger partial charge in [-0.05, 0) is 38.5 Å². The molecule has 6 heteroatoms. The van der Waals surface area contributed by atoms with Crippen molar-refractivity contribution in [2.75, 3.05) is 32.1 Å². The number of carbonyl (C=O) groups excluding carboxylic acids is 2. The number of hydrogen-bond donors (Lipinski definition) is 3. The molecule has 2 amide bonds. The lowest BCUT2D eigenvalue weighted by atomic mass is 10.0. The number of amides is 2. The summed E-state index contributed by atoms with van der Waals surface area (Å²) in [7, 11) is 1.58. The third-order valence-corrected chi connectivity index (χ3v) is 4.63. The van der Waals surface area contributed by atoms with Crippen molar-refractivity contribution >= 4 is 17.5 Å². The Bertz CT molecular complexity index is 793. The van der Waals surface area contributed by atoms with Crippen LogP contribution in [-0.4, -0.2) is 38.6 Å². The summed E-state index contributed by atoms with van der Waals surface area (Å²) in [4.78, 5) is 26.4. The molecule has 0 heterocycles. The predicted octanol–water partition coefficient (Wildman–Crippen LogP) is 1.72. The fourth-order valence-electron chi connectivity index (χ4n) is 3.24. The number of methoxy groups -OCH3 is 1. The van der Waals surface area contributed by atoms with Crippen LogP contribution in [0.25, 0.3) is 0 Å². The topological polar surface area (TPSA) is 71.9 Å². The first kappa shape index (κ1) is 21.4. The van der Waals surface area contributed by atoms with Crippen LogP contribution in [0.3, 0.4) is 0 Å². The van der Waals surface area contributed by atoms with Crippen LogP contribution in [0.1, 0.15) is 31.0 Å². The van der Waals surface area contributed by atoms with Crippen molar-refractivity contribution in [3.8, 4) is 5.75 Å².